The Morgan fingerprint density at radius 3 is 2.62 bits per heavy atom. The lowest BCUT2D eigenvalue weighted by molar-refractivity contribution is -0.568. The zero-order valence-corrected chi connectivity index (χ0v) is 14.5. The maximum absolute atomic E-state index is 4.95. The van der Waals surface area contributed by atoms with Crippen molar-refractivity contribution in [3.63, 3.8) is 0 Å². The highest BCUT2D eigenvalue weighted by molar-refractivity contribution is 6.00. The van der Waals surface area contributed by atoms with Gasteiger partial charge in [-0.1, -0.05) is 18.2 Å². The quantitative estimate of drug-likeness (QED) is 0.398. The van der Waals surface area contributed by atoms with Crippen molar-refractivity contribution in [3.05, 3.63) is 64.6 Å². The van der Waals surface area contributed by atoms with Gasteiger partial charge in [-0.15, -0.1) is 0 Å². The molecule has 3 heterocycles. The first-order chi connectivity index (χ1) is 11.6. The zero-order valence-electron chi connectivity index (χ0n) is 14.5. The van der Waals surface area contributed by atoms with Crippen LogP contribution in [-0.4, -0.2) is 9.55 Å². The van der Waals surface area contributed by atoms with Crippen molar-refractivity contribution in [2.24, 2.45) is 7.05 Å². The summed E-state index contributed by atoms with van der Waals surface area (Å²) in [6, 6.07) is 13.2. The highest BCUT2D eigenvalue weighted by Crippen LogP contribution is 2.31. The highest BCUT2D eigenvalue weighted by Gasteiger charge is 2.35. The van der Waals surface area contributed by atoms with Gasteiger partial charge < -0.3 is 4.57 Å². The largest absolute Gasteiger partial charge is 0.344 e. The van der Waals surface area contributed by atoms with Crippen molar-refractivity contribution in [3.8, 4) is 5.69 Å². The number of hydrogen-bond acceptors (Lipinski definition) is 1. The molecule has 0 unspecified atom stereocenters. The molecule has 24 heavy (non-hydrogen) atoms. The number of imidazole rings is 1. The van der Waals surface area contributed by atoms with Crippen LogP contribution in [0.5, 0.6) is 0 Å². The molecular formula is C21H20N3+. The van der Waals surface area contributed by atoms with Gasteiger partial charge in [0.15, 0.2) is 0 Å². The van der Waals surface area contributed by atoms with Gasteiger partial charge in [-0.25, -0.2) is 0 Å². The van der Waals surface area contributed by atoms with Crippen LogP contribution in [0.3, 0.4) is 0 Å². The Morgan fingerprint density at radius 1 is 1.00 bits per heavy atom. The average Bonchev–Trinajstić information content (AvgIpc) is 3.10. The second-order valence-electron chi connectivity index (χ2n) is 6.96. The van der Waals surface area contributed by atoms with E-state index in [1.165, 1.54) is 44.5 Å². The van der Waals surface area contributed by atoms with Crippen LogP contribution >= 0.6 is 0 Å². The Hall–Kier alpha value is -2.68. The van der Waals surface area contributed by atoms with Gasteiger partial charge in [0.2, 0.25) is 11.0 Å². The predicted molar refractivity (Wildman–Crippen MR) is 96.8 cm³/mol. The van der Waals surface area contributed by atoms with Crippen LogP contribution in [0.1, 0.15) is 28.2 Å². The van der Waals surface area contributed by atoms with Gasteiger partial charge in [0.25, 0.3) is 0 Å². The topological polar surface area (TPSA) is 21.7 Å². The summed E-state index contributed by atoms with van der Waals surface area (Å²) in [4.78, 5) is 4.95. The standard InChI is InChI=1S/C21H20N3/c1-12-5-7-16-11-18-22-17-10-9-15-8-6-13(2)23(4)20(15)21(17)24(18)19(16)14(12)3/h5-10H,11H2,1-4H3/q+1. The van der Waals surface area contributed by atoms with Crippen LogP contribution in [0.25, 0.3) is 27.6 Å². The van der Waals surface area contributed by atoms with Gasteiger partial charge in [0.1, 0.15) is 11.2 Å². The maximum Gasteiger partial charge on any atom is 0.309 e. The fourth-order valence-electron chi connectivity index (χ4n) is 4.04. The van der Waals surface area contributed by atoms with E-state index < -0.39 is 0 Å². The Kier molecular flexibility index (Phi) is 2.54. The second kappa shape index (κ2) is 4.44. The van der Waals surface area contributed by atoms with Crippen LogP contribution < -0.4 is 4.57 Å². The smallest absolute Gasteiger partial charge is 0.309 e. The van der Waals surface area contributed by atoms with Gasteiger partial charge in [0.05, 0.1) is 6.42 Å². The van der Waals surface area contributed by atoms with E-state index in [0.717, 1.165) is 17.8 Å². The molecule has 0 N–H and O–H groups in total. The van der Waals surface area contributed by atoms with Gasteiger partial charge in [-0.05, 0) is 55.1 Å². The third-order valence-electron chi connectivity index (χ3n) is 5.62. The number of nitrogens with zero attached hydrogens (tertiary/aromatic N) is 3. The van der Waals surface area contributed by atoms with Gasteiger partial charge in [-0.2, -0.15) is 4.57 Å². The summed E-state index contributed by atoms with van der Waals surface area (Å²) in [5.41, 5.74) is 10.3. The molecule has 4 aromatic rings. The molecule has 0 amide bonds. The minimum absolute atomic E-state index is 0.919. The molecule has 0 saturated heterocycles. The van der Waals surface area contributed by atoms with E-state index in [0.29, 0.717) is 0 Å². The fourth-order valence-corrected chi connectivity index (χ4v) is 4.04. The molecule has 3 nitrogen and oxygen atoms in total. The molecule has 0 saturated carbocycles. The first-order valence-electron chi connectivity index (χ1n) is 8.45. The van der Waals surface area contributed by atoms with Crippen LogP contribution in [0.4, 0.5) is 0 Å². The van der Waals surface area contributed by atoms with E-state index in [2.05, 4.69) is 73.4 Å². The Balaban J connectivity index is 2.03. The summed E-state index contributed by atoms with van der Waals surface area (Å²) in [5, 5.41) is 1.26. The normalized spacial score (nSPS) is 12.8. The molecule has 2 aromatic carbocycles. The van der Waals surface area contributed by atoms with Crippen LogP contribution in [0.2, 0.25) is 0 Å². The number of fused-ring (bicyclic) bond motifs is 7. The summed E-state index contributed by atoms with van der Waals surface area (Å²) >= 11 is 0. The molecule has 1 aliphatic rings. The molecule has 0 bridgehead atoms. The van der Waals surface area contributed by atoms with Crippen molar-refractivity contribution >= 4 is 21.9 Å². The van der Waals surface area contributed by atoms with Crippen LogP contribution in [0.15, 0.2) is 36.4 Å². The Labute approximate surface area is 141 Å². The number of rotatable bonds is 0. The lowest BCUT2D eigenvalue weighted by Crippen LogP contribution is -2.31. The van der Waals surface area contributed by atoms with Crippen molar-refractivity contribution in [1.29, 1.82) is 0 Å². The molecule has 1 aliphatic heterocycles. The monoisotopic (exact) mass is 314 g/mol. The summed E-state index contributed by atoms with van der Waals surface area (Å²) < 4.78 is 4.69. The third kappa shape index (κ3) is 1.57. The van der Waals surface area contributed by atoms with Gasteiger partial charge in [-0.3, -0.25) is 0 Å². The lowest BCUT2D eigenvalue weighted by Gasteiger charge is -2.11. The summed E-state index contributed by atoms with van der Waals surface area (Å²) in [6.45, 7) is 6.57. The number of benzene rings is 2. The van der Waals surface area contributed by atoms with Gasteiger partial charge >= 0.3 is 5.82 Å². The molecule has 0 aliphatic carbocycles. The summed E-state index contributed by atoms with van der Waals surface area (Å²) in [6.07, 6.45) is 0.919. The predicted octanol–water partition coefficient (Wildman–Crippen LogP) is 3.83. The molecule has 0 spiro atoms. The Morgan fingerprint density at radius 2 is 1.79 bits per heavy atom. The van der Waals surface area contributed by atoms with E-state index in [-0.39, 0.29) is 0 Å². The Bertz CT molecular complexity index is 1170. The molecule has 0 atom stereocenters. The number of aromatic nitrogens is 3. The number of aryl methyl sites for hydroxylation is 3. The SMILES string of the molecule is Cc1ccc2c(c1C)-[n+]1c(nc3ccc4ccc(C)n(C)c4c31)C2. The first kappa shape index (κ1) is 13.7. The molecule has 3 heteroatoms. The minimum atomic E-state index is 0.919. The first-order valence-corrected chi connectivity index (χ1v) is 8.45. The summed E-state index contributed by atoms with van der Waals surface area (Å²) in [7, 11) is 2.15. The van der Waals surface area contributed by atoms with Crippen LogP contribution in [0, 0.1) is 20.8 Å². The van der Waals surface area contributed by atoms with Crippen molar-refractivity contribution in [2.75, 3.05) is 0 Å². The lowest BCUT2D eigenvalue weighted by atomic mass is 10.0. The molecule has 2 aromatic heterocycles. The number of pyridine rings is 1. The van der Waals surface area contributed by atoms with E-state index in [1.807, 2.05) is 0 Å². The third-order valence-corrected chi connectivity index (χ3v) is 5.62. The number of hydrogen-bond donors (Lipinski definition) is 0. The van der Waals surface area contributed by atoms with Crippen molar-refractivity contribution in [2.45, 2.75) is 27.2 Å². The van der Waals surface area contributed by atoms with Gasteiger partial charge in [0, 0.05) is 23.7 Å². The van der Waals surface area contributed by atoms with Crippen LogP contribution in [-0.2, 0) is 13.5 Å². The fraction of sp³-hybridized carbons (Fsp3) is 0.238. The highest BCUT2D eigenvalue weighted by atomic mass is 15.1. The van der Waals surface area contributed by atoms with E-state index in [4.69, 9.17) is 4.98 Å². The molecule has 5 rings (SSSR count). The average molecular weight is 314 g/mol. The summed E-state index contributed by atoms with van der Waals surface area (Å²) in [5.74, 6) is 1.16. The van der Waals surface area contributed by atoms with E-state index >= 15 is 0 Å². The van der Waals surface area contributed by atoms with Crippen molar-refractivity contribution < 1.29 is 4.57 Å². The zero-order chi connectivity index (χ0) is 16.6. The molecular weight excluding hydrogens is 294 g/mol. The molecule has 0 radical (unpaired) electrons. The second-order valence-corrected chi connectivity index (χ2v) is 6.96. The van der Waals surface area contributed by atoms with E-state index in [1.54, 1.807) is 0 Å². The maximum atomic E-state index is 4.95. The molecule has 118 valence electrons. The van der Waals surface area contributed by atoms with Crippen molar-refractivity contribution in [1.82, 2.24) is 9.55 Å². The van der Waals surface area contributed by atoms with E-state index in [9.17, 15) is 0 Å². The molecule has 0 fully saturated rings. The minimum Gasteiger partial charge on any atom is -0.344 e.